The molecule has 3 N–H and O–H groups in total. The number of phenols is 1. The first kappa shape index (κ1) is 28.9. The number of aliphatic hydroxyl groups is 1. The van der Waals surface area contributed by atoms with Crippen molar-refractivity contribution >= 4 is 12.0 Å². The highest BCUT2D eigenvalue weighted by atomic mass is 16.7. The summed E-state index contributed by atoms with van der Waals surface area (Å²) in [7, 11) is 0. The largest absolute Gasteiger partial charge is 0.508 e. The van der Waals surface area contributed by atoms with Crippen molar-refractivity contribution in [1.29, 1.82) is 0 Å². The van der Waals surface area contributed by atoms with E-state index in [1.54, 1.807) is 37.8 Å². The van der Waals surface area contributed by atoms with Gasteiger partial charge in [0.15, 0.2) is 6.29 Å². The van der Waals surface area contributed by atoms with Gasteiger partial charge in [-0.1, -0.05) is 32.9 Å². The monoisotopic (exact) mass is 494 g/mol. The standard InChI is InChI=1S/C26H42N2O7/c1-16-23(34-15-25(3,4)5)33-14-19(28(16)24(32)35-26(6,7)8)13-21(27-17(2)29)22(31)18-10-9-11-20(30)12-18/h9-12,16,19,21-23,30-31H,13-15H2,1-8H3,(H,27,29). The zero-order valence-electron chi connectivity index (χ0n) is 22.2. The Morgan fingerprint density at radius 1 is 1.23 bits per heavy atom. The van der Waals surface area contributed by atoms with Crippen LogP contribution < -0.4 is 5.32 Å². The summed E-state index contributed by atoms with van der Waals surface area (Å²) in [6, 6.07) is 4.52. The van der Waals surface area contributed by atoms with Crippen molar-refractivity contribution in [2.75, 3.05) is 13.2 Å². The number of aromatic hydroxyl groups is 1. The molecule has 9 heteroatoms. The summed E-state index contributed by atoms with van der Waals surface area (Å²) in [6.45, 7) is 15.3. The summed E-state index contributed by atoms with van der Waals surface area (Å²) < 4.78 is 17.7. The van der Waals surface area contributed by atoms with E-state index >= 15 is 0 Å². The van der Waals surface area contributed by atoms with E-state index in [-0.39, 0.29) is 30.1 Å². The van der Waals surface area contributed by atoms with Gasteiger partial charge < -0.3 is 29.7 Å². The van der Waals surface area contributed by atoms with E-state index in [0.717, 1.165) is 0 Å². The Hall–Kier alpha value is -2.36. The average Bonchev–Trinajstić information content (AvgIpc) is 2.69. The minimum Gasteiger partial charge on any atom is -0.508 e. The van der Waals surface area contributed by atoms with Crippen molar-refractivity contribution in [1.82, 2.24) is 10.2 Å². The molecule has 35 heavy (non-hydrogen) atoms. The molecule has 5 atom stereocenters. The molecular formula is C26H42N2O7. The normalized spacial score (nSPS) is 22.9. The Labute approximate surface area is 208 Å². The van der Waals surface area contributed by atoms with Gasteiger partial charge in [-0.15, -0.1) is 0 Å². The van der Waals surface area contributed by atoms with Crippen molar-refractivity contribution in [3.8, 4) is 5.75 Å². The van der Waals surface area contributed by atoms with Crippen LogP contribution in [0.2, 0.25) is 0 Å². The van der Waals surface area contributed by atoms with Gasteiger partial charge in [-0.25, -0.2) is 4.79 Å². The molecule has 198 valence electrons. The lowest BCUT2D eigenvalue weighted by atomic mass is 9.94. The van der Waals surface area contributed by atoms with Gasteiger partial charge in [-0.3, -0.25) is 9.69 Å². The molecule has 1 heterocycles. The molecule has 1 aliphatic rings. The number of aliphatic hydroxyl groups excluding tert-OH is 1. The third-order valence-corrected chi connectivity index (χ3v) is 5.47. The van der Waals surface area contributed by atoms with Gasteiger partial charge in [0.1, 0.15) is 11.4 Å². The molecule has 2 rings (SSSR count). The van der Waals surface area contributed by atoms with E-state index in [4.69, 9.17) is 14.2 Å². The second-order valence-corrected chi connectivity index (χ2v) is 11.4. The lowest BCUT2D eigenvalue weighted by Crippen LogP contribution is -2.61. The Bertz CT molecular complexity index is 862. The topological polar surface area (TPSA) is 118 Å². The van der Waals surface area contributed by atoms with Crippen LogP contribution in [0.4, 0.5) is 4.79 Å². The highest BCUT2D eigenvalue weighted by molar-refractivity contribution is 5.73. The first-order chi connectivity index (χ1) is 16.1. The molecule has 1 fully saturated rings. The number of carbonyl (C=O) groups excluding carboxylic acids is 2. The zero-order chi connectivity index (χ0) is 26.6. The first-order valence-electron chi connectivity index (χ1n) is 12.1. The molecule has 0 saturated carbocycles. The number of nitrogens with one attached hydrogen (secondary N) is 1. The zero-order valence-corrected chi connectivity index (χ0v) is 22.2. The molecule has 0 radical (unpaired) electrons. The van der Waals surface area contributed by atoms with Crippen molar-refractivity contribution in [3.63, 3.8) is 0 Å². The van der Waals surface area contributed by atoms with E-state index in [2.05, 4.69) is 26.1 Å². The lowest BCUT2D eigenvalue weighted by molar-refractivity contribution is -0.224. The fourth-order valence-corrected chi connectivity index (χ4v) is 3.98. The van der Waals surface area contributed by atoms with Crippen LogP contribution in [0.5, 0.6) is 5.75 Å². The number of benzene rings is 1. The summed E-state index contributed by atoms with van der Waals surface area (Å²) in [5.41, 5.74) is -0.346. The minimum atomic E-state index is -1.11. The highest BCUT2D eigenvalue weighted by Gasteiger charge is 2.43. The Balaban J connectivity index is 2.31. The summed E-state index contributed by atoms with van der Waals surface area (Å²) in [5, 5.41) is 23.7. The van der Waals surface area contributed by atoms with E-state index in [0.29, 0.717) is 12.2 Å². The fraction of sp³-hybridized carbons (Fsp3) is 0.692. The molecule has 1 saturated heterocycles. The molecule has 0 aliphatic carbocycles. The summed E-state index contributed by atoms with van der Waals surface area (Å²) in [4.78, 5) is 26.8. The summed E-state index contributed by atoms with van der Waals surface area (Å²) in [6.07, 6.45) is -2.08. The number of ether oxygens (including phenoxy) is 3. The van der Waals surface area contributed by atoms with Crippen molar-refractivity contribution in [2.45, 2.75) is 97.9 Å². The van der Waals surface area contributed by atoms with Gasteiger partial charge in [0.2, 0.25) is 5.91 Å². The number of phenolic OH excluding ortho intramolecular Hbond substituents is 1. The van der Waals surface area contributed by atoms with Crippen LogP contribution in [0.15, 0.2) is 24.3 Å². The van der Waals surface area contributed by atoms with Crippen molar-refractivity contribution in [2.24, 2.45) is 5.41 Å². The number of morpholine rings is 1. The average molecular weight is 495 g/mol. The van der Waals surface area contributed by atoms with Crippen molar-refractivity contribution in [3.05, 3.63) is 29.8 Å². The van der Waals surface area contributed by atoms with E-state index in [1.165, 1.54) is 19.1 Å². The third kappa shape index (κ3) is 8.98. The maximum absolute atomic E-state index is 13.3. The molecule has 0 spiro atoms. The Kier molecular flexibility index (Phi) is 9.56. The van der Waals surface area contributed by atoms with Gasteiger partial charge in [-0.2, -0.15) is 0 Å². The van der Waals surface area contributed by atoms with Crippen LogP contribution in [0.3, 0.4) is 0 Å². The van der Waals surface area contributed by atoms with E-state index in [1.807, 2.05) is 6.92 Å². The SMILES string of the molecule is CC(=O)NC(CC1COC(OCC(C)(C)C)C(C)N1C(=O)OC(C)(C)C)C(O)c1cccc(O)c1. The predicted molar refractivity (Wildman–Crippen MR) is 132 cm³/mol. The number of rotatable bonds is 7. The van der Waals surface area contributed by atoms with E-state index < -0.39 is 42.2 Å². The maximum atomic E-state index is 13.3. The quantitative estimate of drug-likeness (QED) is 0.529. The van der Waals surface area contributed by atoms with Gasteiger partial charge >= 0.3 is 6.09 Å². The summed E-state index contributed by atoms with van der Waals surface area (Å²) >= 11 is 0. The smallest absolute Gasteiger partial charge is 0.411 e. The molecule has 1 aliphatic heterocycles. The second-order valence-electron chi connectivity index (χ2n) is 11.4. The van der Waals surface area contributed by atoms with Gasteiger partial charge in [0.05, 0.1) is 37.4 Å². The van der Waals surface area contributed by atoms with Crippen LogP contribution in [-0.4, -0.2) is 70.3 Å². The van der Waals surface area contributed by atoms with Gasteiger partial charge in [-0.05, 0) is 57.2 Å². The number of nitrogens with zero attached hydrogens (tertiary/aromatic N) is 1. The maximum Gasteiger partial charge on any atom is 0.411 e. The lowest BCUT2D eigenvalue weighted by Gasteiger charge is -2.46. The number of carbonyl (C=O) groups is 2. The fourth-order valence-electron chi connectivity index (χ4n) is 3.98. The van der Waals surface area contributed by atoms with Crippen molar-refractivity contribution < 1.29 is 34.0 Å². The molecule has 1 aromatic carbocycles. The molecule has 5 unspecified atom stereocenters. The van der Waals surface area contributed by atoms with Gasteiger partial charge in [0.25, 0.3) is 0 Å². The molecule has 0 aromatic heterocycles. The molecule has 2 amide bonds. The van der Waals surface area contributed by atoms with E-state index in [9.17, 15) is 19.8 Å². The minimum absolute atomic E-state index is 0.00645. The predicted octanol–water partition coefficient (Wildman–Crippen LogP) is 3.73. The number of hydrogen-bond donors (Lipinski definition) is 3. The molecule has 1 aromatic rings. The van der Waals surface area contributed by atoms with Crippen LogP contribution >= 0.6 is 0 Å². The highest BCUT2D eigenvalue weighted by Crippen LogP contribution is 2.30. The molecular weight excluding hydrogens is 452 g/mol. The molecule has 0 bridgehead atoms. The Morgan fingerprint density at radius 2 is 1.89 bits per heavy atom. The van der Waals surface area contributed by atoms with Crippen LogP contribution in [-0.2, 0) is 19.0 Å². The third-order valence-electron chi connectivity index (χ3n) is 5.47. The van der Waals surface area contributed by atoms with Gasteiger partial charge in [0, 0.05) is 6.92 Å². The van der Waals surface area contributed by atoms with Crippen LogP contribution in [0.1, 0.15) is 73.5 Å². The first-order valence-corrected chi connectivity index (χ1v) is 12.1. The molecule has 9 nitrogen and oxygen atoms in total. The number of amides is 2. The number of hydrogen-bond acceptors (Lipinski definition) is 7. The van der Waals surface area contributed by atoms with Crippen LogP contribution in [0.25, 0.3) is 0 Å². The summed E-state index contributed by atoms with van der Waals surface area (Å²) in [5.74, 6) is -0.318. The second kappa shape index (κ2) is 11.6. The van der Waals surface area contributed by atoms with Crippen LogP contribution in [0, 0.1) is 5.41 Å². The Morgan fingerprint density at radius 3 is 2.43 bits per heavy atom.